The Balaban J connectivity index is 1.93. The van der Waals surface area contributed by atoms with E-state index in [9.17, 15) is 10.1 Å². The number of aromatic nitrogens is 1. The van der Waals surface area contributed by atoms with Gasteiger partial charge in [-0.1, -0.05) is 23.7 Å². The van der Waals surface area contributed by atoms with Crippen LogP contribution in [0.4, 0.5) is 5.69 Å². The van der Waals surface area contributed by atoms with Crippen LogP contribution in [0, 0.1) is 10.1 Å². The molecule has 0 bridgehead atoms. The fraction of sp³-hybridized carbons (Fsp3) is 0.0625. The smallest absolute Gasteiger partial charge is 0.264 e. The Kier molecular flexibility index (Phi) is 4.27. The lowest BCUT2D eigenvalue weighted by molar-refractivity contribution is -0.383. The summed E-state index contributed by atoms with van der Waals surface area (Å²) in [6, 6.07) is 12.8. The third kappa shape index (κ3) is 3.05. The molecule has 0 aliphatic heterocycles. The van der Waals surface area contributed by atoms with Gasteiger partial charge in [0.05, 0.1) is 10.3 Å². The predicted octanol–water partition coefficient (Wildman–Crippen LogP) is 5.09. The molecule has 22 heavy (non-hydrogen) atoms. The van der Waals surface area contributed by atoms with E-state index in [1.54, 1.807) is 30.2 Å². The molecule has 1 heterocycles. The Hall–Kier alpha value is -2.11. The maximum Gasteiger partial charge on any atom is 0.278 e. The van der Waals surface area contributed by atoms with E-state index < -0.39 is 0 Å². The molecule has 0 aliphatic rings. The van der Waals surface area contributed by atoms with Crippen molar-refractivity contribution in [2.24, 2.45) is 0 Å². The summed E-state index contributed by atoms with van der Waals surface area (Å²) in [5, 5.41) is 13.2. The quantitative estimate of drug-likeness (QED) is 0.380. The standard InChI is InChI=1S/C16H11ClN2O2S/c17-12-3-1-11(2-4-12)10-22-16-6-5-15(19(20)21)14-9-18-8-7-13(14)16/h1-9H,10H2. The number of nitro benzene ring substituents is 1. The lowest BCUT2D eigenvalue weighted by atomic mass is 10.1. The van der Waals surface area contributed by atoms with E-state index in [-0.39, 0.29) is 10.6 Å². The second kappa shape index (κ2) is 6.34. The van der Waals surface area contributed by atoms with Crippen molar-refractivity contribution >= 4 is 39.8 Å². The number of halogens is 1. The normalized spacial score (nSPS) is 10.8. The molecule has 6 heteroatoms. The maximum atomic E-state index is 11.1. The molecular formula is C16H11ClN2O2S. The van der Waals surface area contributed by atoms with Crippen LogP contribution >= 0.6 is 23.4 Å². The van der Waals surface area contributed by atoms with Crippen molar-refractivity contribution in [3.8, 4) is 0 Å². The molecule has 0 atom stereocenters. The molecule has 2 aromatic carbocycles. The van der Waals surface area contributed by atoms with Gasteiger partial charge in [0, 0.05) is 39.5 Å². The summed E-state index contributed by atoms with van der Waals surface area (Å²) in [6.45, 7) is 0. The van der Waals surface area contributed by atoms with Gasteiger partial charge in [-0.2, -0.15) is 0 Å². The second-order valence-corrected chi connectivity index (χ2v) is 6.13. The van der Waals surface area contributed by atoms with E-state index >= 15 is 0 Å². The number of nitrogens with zero attached hydrogens (tertiary/aromatic N) is 2. The minimum atomic E-state index is -0.377. The fourth-order valence-electron chi connectivity index (χ4n) is 2.17. The molecule has 3 aromatic rings. The lowest BCUT2D eigenvalue weighted by Gasteiger charge is -2.07. The number of benzene rings is 2. The Labute approximate surface area is 136 Å². The number of hydrogen-bond donors (Lipinski definition) is 0. The van der Waals surface area contributed by atoms with Gasteiger partial charge in [0.25, 0.3) is 5.69 Å². The minimum absolute atomic E-state index is 0.0824. The van der Waals surface area contributed by atoms with Gasteiger partial charge < -0.3 is 0 Å². The molecule has 4 nitrogen and oxygen atoms in total. The van der Waals surface area contributed by atoms with Crippen LogP contribution in [0.15, 0.2) is 59.8 Å². The van der Waals surface area contributed by atoms with Crippen molar-refractivity contribution < 1.29 is 4.92 Å². The van der Waals surface area contributed by atoms with E-state index in [1.807, 2.05) is 30.3 Å². The van der Waals surface area contributed by atoms with Crippen LogP contribution in [0.2, 0.25) is 5.02 Å². The molecule has 0 fully saturated rings. The summed E-state index contributed by atoms with van der Waals surface area (Å²) >= 11 is 7.51. The molecule has 0 saturated heterocycles. The van der Waals surface area contributed by atoms with Gasteiger partial charge >= 0.3 is 0 Å². The zero-order valence-electron chi connectivity index (χ0n) is 11.4. The van der Waals surface area contributed by atoms with Crippen LogP contribution in [-0.2, 0) is 5.75 Å². The fourth-order valence-corrected chi connectivity index (χ4v) is 3.31. The first-order valence-electron chi connectivity index (χ1n) is 6.53. The largest absolute Gasteiger partial charge is 0.278 e. The van der Waals surface area contributed by atoms with Gasteiger partial charge in [0.15, 0.2) is 0 Å². The van der Waals surface area contributed by atoms with Crippen molar-refractivity contribution in [1.29, 1.82) is 0 Å². The maximum absolute atomic E-state index is 11.1. The van der Waals surface area contributed by atoms with Crippen molar-refractivity contribution in [2.75, 3.05) is 0 Å². The molecule has 0 unspecified atom stereocenters. The van der Waals surface area contributed by atoms with Crippen molar-refractivity contribution in [1.82, 2.24) is 4.98 Å². The van der Waals surface area contributed by atoms with Crippen molar-refractivity contribution in [3.05, 3.63) is 75.6 Å². The highest BCUT2D eigenvalue weighted by molar-refractivity contribution is 7.98. The lowest BCUT2D eigenvalue weighted by Crippen LogP contribution is -1.91. The highest BCUT2D eigenvalue weighted by Gasteiger charge is 2.14. The van der Waals surface area contributed by atoms with Crippen LogP contribution in [0.5, 0.6) is 0 Å². The zero-order valence-corrected chi connectivity index (χ0v) is 13.0. The van der Waals surface area contributed by atoms with Gasteiger partial charge in [-0.25, -0.2) is 0 Å². The molecule has 1 aromatic heterocycles. The topological polar surface area (TPSA) is 56.0 Å². The Morgan fingerprint density at radius 1 is 1.09 bits per heavy atom. The summed E-state index contributed by atoms with van der Waals surface area (Å²) in [7, 11) is 0. The summed E-state index contributed by atoms with van der Waals surface area (Å²) in [6.07, 6.45) is 3.19. The monoisotopic (exact) mass is 330 g/mol. The number of non-ortho nitro benzene ring substituents is 1. The Morgan fingerprint density at radius 2 is 1.86 bits per heavy atom. The predicted molar refractivity (Wildman–Crippen MR) is 89.4 cm³/mol. The molecule has 0 spiro atoms. The summed E-state index contributed by atoms with van der Waals surface area (Å²) in [5.41, 5.74) is 1.23. The van der Waals surface area contributed by atoms with Gasteiger partial charge in [-0.3, -0.25) is 15.1 Å². The Bertz CT molecular complexity index is 837. The van der Waals surface area contributed by atoms with Crippen LogP contribution in [0.25, 0.3) is 10.8 Å². The molecule has 0 radical (unpaired) electrons. The average molecular weight is 331 g/mol. The third-order valence-electron chi connectivity index (χ3n) is 3.26. The first-order chi connectivity index (χ1) is 10.6. The summed E-state index contributed by atoms with van der Waals surface area (Å²) in [4.78, 5) is 15.7. The number of nitro groups is 1. The summed E-state index contributed by atoms with van der Waals surface area (Å²) < 4.78 is 0. The van der Waals surface area contributed by atoms with Crippen LogP contribution < -0.4 is 0 Å². The van der Waals surface area contributed by atoms with Gasteiger partial charge in [-0.05, 0) is 29.8 Å². The van der Waals surface area contributed by atoms with E-state index in [1.165, 1.54) is 6.07 Å². The van der Waals surface area contributed by atoms with E-state index in [2.05, 4.69) is 4.98 Å². The van der Waals surface area contributed by atoms with Crippen molar-refractivity contribution in [3.63, 3.8) is 0 Å². The molecule has 0 aliphatic carbocycles. The number of rotatable bonds is 4. The van der Waals surface area contributed by atoms with E-state index in [4.69, 9.17) is 11.6 Å². The minimum Gasteiger partial charge on any atom is -0.264 e. The SMILES string of the molecule is O=[N+]([O-])c1ccc(SCc2ccc(Cl)cc2)c2ccncc12. The number of thioether (sulfide) groups is 1. The average Bonchev–Trinajstić information content (AvgIpc) is 2.53. The molecule has 0 N–H and O–H groups in total. The molecule has 3 rings (SSSR count). The van der Waals surface area contributed by atoms with Crippen LogP contribution in [0.3, 0.4) is 0 Å². The Morgan fingerprint density at radius 3 is 2.59 bits per heavy atom. The zero-order chi connectivity index (χ0) is 15.5. The van der Waals surface area contributed by atoms with Crippen LogP contribution in [-0.4, -0.2) is 9.91 Å². The molecule has 0 saturated carbocycles. The van der Waals surface area contributed by atoms with Gasteiger partial charge in [-0.15, -0.1) is 11.8 Å². The highest BCUT2D eigenvalue weighted by atomic mass is 35.5. The highest BCUT2D eigenvalue weighted by Crippen LogP contribution is 2.34. The number of hydrogen-bond acceptors (Lipinski definition) is 4. The number of pyridine rings is 1. The second-order valence-electron chi connectivity index (χ2n) is 4.68. The third-order valence-corrected chi connectivity index (χ3v) is 4.66. The molecule has 0 amide bonds. The van der Waals surface area contributed by atoms with Crippen molar-refractivity contribution in [2.45, 2.75) is 10.6 Å². The molecule has 110 valence electrons. The van der Waals surface area contributed by atoms with Gasteiger partial charge in [0.1, 0.15) is 0 Å². The van der Waals surface area contributed by atoms with E-state index in [0.717, 1.165) is 21.6 Å². The molecular weight excluding hydrogens is 320 g/mol. The van der Waals surface area contributed by atoms with Gasteiger partial charge in [0.2, 0.25) is 0 Å². The first kappa shape index (κ1) is 14.8. The number of fused-ring (bicyclic) bond motifs is 1. The van der Waals surface area contributed by atoms with Crippen LogP contribution in [0.1, 0.15) is 5.56 Å². The first-order valence-corrected chi connectivity index (χ1v) is 7.90. The summed E-state index contributed by atoms with van der Waals surface area (Å²) in [5.74, 6) is 0.770. The van der Waals surface area contributed by atoms with E-state index in [0.29, 0.717) is 10.4 Å².